The van der Waals surface area contributed by atoms with E-state index in [-0.39, 0.29) is 5.56 Å². The second-order valence-electron chi connectivity index (χ2n) is 4.52. The zero-order valence-electron chi connectivity index (χ0n) is 11.3. The molecule has 1 aromatic heterocycles. The van der Waals surface area contributed by atoms with Gasteiger partial charge in [-0.25, -0.2) is 0 Å². The average molecular weight is 317 g/mol. The van der Waals surface area contributed by atoms with Crippen LogP contribution in [-0.4, -0.2) is 12.0 Å². The number of benzene rings is 2. The van der Waals surface area contributed by atoms with Crippen LogP contribution in [0.4, 0.5) is 0 Å². The molecule has 3 aromatic rings. The molecule has 0 amide bonds. The summed E-state index contributed by atoms with van der Waals surface area (Å²) < 4.78 is 2.98. The van der Waals surface area contributed by atoms with Crippen LogP contribution in [-0.2, 0) is 0 Å². The number of hydrogen-bond donors (Lipinski definition) is 2. The van der Waals surface area contributed by atoms with E-state index in [1.54, 1.807) is 13.1 Å². The summed E-state index contributed by atoms with van der Waals surface area (Å²) in [5, 5.41) is 1.58. The molecule has 106 valence electrons. The fraction of sp³-hybridized carbons (Fsp3) is 0.0625. The standard InChI is InChI=1S/C16H13ClN2OS/c1-18-21-15-14(10-5-3-2-4-6-10)12-9-11(17)7-8-13(12)19-16(15)20/h2-9,18H,1H3,(H,19,20). The Hall–Kier alpha value is -1.75. The molecule has 0 spiro atoms. The summed E-state index contributed by atoms with van der Waals surface area (Å²) in [5.41, 5.74) is 2.57. The van der Waals surface area contributed by atoms with E-state index in [4.69, 9.17) is 11.6 Å². The highest BCUT2D eigenvalue weighted by Gasteiger charge is 2.15. The summed E-state index contributed by atoms with van der Waals surface area (Å²) in [4.78, 5) is 15.9. The maximum Gasteiger partial charge on any atom is 0.264 e. The van der Waals surface area contributed by atoms with E-state index in [1.165, 1.54) is 11.9 Å². The molecule has 2 aromatic carbocycles. The highest BCUT2D eigenvalue weighted by molar-refractivity contribution is 7.97. The van der Waals surface area contributed by atoms with Crippen LogP contribution >= 0.6 is 23.5 Å². The van der Waals surface area contributed by atoms with Crippen molar-refractivity contribution in [3.63, 3.8) is 0 Å². The zero-order valence-corrected chi connectivity index (χ0v) is 12.9. The van der Waals surface area contributed by atoms with Gasteiger partial charge in [0.1, 0.15) is 0 Å². The van der Waals surface area contributed by atoms with Crippen LogP contribution in [0.5, 0.6) is 0 Å². The van der Waals surface area contributed by atoms with Gasteiger partial charge in [-0.2, -0.15) is 0 Å². The molecule has 3 rings (SSSR count). The van der Waals surface area contributed by atoms with Gasteiger partial charge >= 0.3 is 0 Å². The Morgan fingerprint density at radius 1 is 1.14 bits per heavy atom. The second-order valence-corrected chi connectivity index (χ2v) is 5.98. The minimum atomic E-state index is -0.108. The van der Waals surface area contributed by atoms with E-state index in [9.17, 15) is 4.79 Å². The van der Waals surface area contributed by atoms with Gasteiger partial charge in [0, 0.05) is 21.5 Å². The average Bonchev–Trinajstić information content (AvgIpc) is 2.50. The molecule has 0 fully saturated rings. The van der Waals surface area contributed by atoms with Crippen LogP contribution in [0.2, 0.25) is 5.02 Å². The topological polar surface area (TPSA) is 44.9 Å². The number of aromatic amines is 1. The molecular weight excluding hydrogens is 304 g/mol. The molecule has 0 saturated carbocycles. The Morgan fingerprint density at radius 2 is 1.90 bits per heavy atom. The fourth-order valence-corrected chi connectivity index (χ4v) is 3.19. The number of halogens is 1. The molecule has 21 heavy (non-hydrogen) atoms. The Bertz CT molecular complexity index is 846. The molecule has 0 atom stereocenters. The number of fused-ring (bicyclic) bond motifs is 1. The van der Waals surface area contributed by atoms with Crippen molar-refractivity contribution >= 4 is 34.5 Å². The summed E-state index contributed by atoms with van der Waals surface area (Å²) in [6.07, 6.45) is 0. The second kappa shape index (κ2) is 5.93. The lowest BCUT2D eigenvalue weighted by Crippen LogP contribution is -2.12. The van der Waals surface area contributed by atoms with Crippen molar-refractivity contribution < 1.29 is 0 Å². The third kappa shape index (κ3) is 2.70. The van der Waals surface area contributed by atoms with E-state index in [0.29, 0.717) is 9.92 Å². The highest BCUT2D eigenvalue weighted by atomic mass is 35.5. The smallest absolute Gasteiger partial charge is 0.264 e. The van der Waals surface area contributed by atoms with Crippen LogP contribution < -0.4 is 10.3 Å². The van der Waals surface area contributed by atoms with Crippen LogP contribution in [0.25, 0.3) is 22.0 Å². The number of rotatable bonds is 3. The summed E-state index contributed by atoms with van der Waals surface area (Å²) >= 11 is 7.44. The number of hydrogen-bond acceptors (Lipinski definition) is 3. The molecule has 0 aliphatic rings. The molecule has 2 N–H and O–H groups in total. The number of aromatic nitrogens is 1. The van der Waals surface area contributed by atoms with Crippen LogP contribution in [0.3, 0.4) is 0 Å². The number of nitrogens with one attached hydrogen (secondary N) is 2. The van der Waals surface area contributed by atoms with Gasteiger partial charge < -0.3 is 4.98 Å². The first-order valence-electron chi connectivity index (χ1n) is 6.45. The predicted octanol–water partition coefficient (Wildman–Crippen LogP) is 4.08. The summed E-state index contributed by atoms with van der Waals surface area (Å²) in [6.45, 7) is 0. The normalized spacial score (nSPS) is 11.0. The molecule has 0 radical (unpaired) electrons. The lowest BCUT2D eigenvalue weighted by Gasteiger charge is -2.12. The summed E-state index contributed by atoms with van der Waals surface area (Å²) in [6, 6.07) is 15.4. The van der Waals surface area contributed by atoms with Crippen molar-refractivity contribution in [3.05, 3.63) is 63.9 Å². The predicted molar refractivity (Wildman–Crippen MR) is 89.9 cm³/mol. The van der Waals surface area contributed by atoms with Gasteiger partial charge in [0.05, 0.1) is 4.90 Å². The Labute approximate surface area is 131 Å². The maximum atomic E-state index is 12.4. The lowest BCUT2D eigenvalue weighted by atomic mass is 10.0. The van der Waals surface area contributed by atoms with Gasteiger partial charge in [0.25, 0.3) is 5.56 Å². The van der Waals surface area contributed by atoms with Crippen molar-refractivity contribution in [2.45, 2.75) is 4.90 Å². The minimum absolute atomic E-state index is 0.108. The van der Waals surface area contributed by atoms with Crippen molar-refractivity contribution in [3.8, 4) is 11.1 Å². The highest BCUT2D eigenvalue weighted by Crippen LogP contribution is 2.34. The number of H-pyrrole nitrogens is 1. The van der Waals surface area contributed by atoms with Gasteiger partial charge in [0.2, 0.25) is 0 Å². The molecule has 0 aliphatic heterocycles. The molecule has 0 unspecified atom stereocenters. The minimum Gasteiger partial charge on any atom is -0.321 e. The van der Waals surface area contributed by atoms with Gasteiger partial charge in [-0.1, -0.05) is 41.9 Å². The van der Waals surface area contributed by atoms with E-state index in [1.807, 2.05) is 42.5 Å². The Balaban J connectivity index is 2.44. The van der Waals surface area contributed by atoms with E-state index in [2.05, 4.69) is 9.71 Å². The van der Waals surface area contributed by atoms with Gasteiger partial charge in [-0.3, -0.25) is 9.52 Å². The molecule has 0 aliphatic carbocycles. The van der Waals surface area contributed by atoms with E-state index in [0.717, 1.165) is 22.0 Å². The molecule has 3 nitrogen and oxygen atoms in total. The van der Waals surface area contributed by atoms with Crippen molar-refractivity contribution in [1.82, 2.24) is 9.71 Å². The lowest BCUT2D eigenvalue weighted by molar-refractivity contribution is 1.18. The quantitative estimate of drug-likeness (QED) is 0.716. The SMILES string of the molecule is CNSc1c(-c2ccccc2)c2cc(Cl)ccc2[nH]c1=O. The molecule has 1 heterocycles. The summed E-state index contributed by atoms with van der Waals surface area (Å²) in [7, 11) is 1.79. The first-order valence-corrected chi connectivity index (χ1v) is 7.64. The largest absolute Gasteiger partial charge is 0.321 e. The first kappa shape index (κ1) is 14.2. The van der Waals surface area contributed by atoms with E-state index < -0.39 is 0 Å². The van der Waals surface area contributed by atoms with Crippen LogP contribution in [0.15, 0.2) is 58.2 Å². The third-order valence-corrected chi connectivity index (χ3v) is 4.23. The molecule has 0 bridgehead atoms. The van der Waals surface area contributed by atoms with Gasteiger partial charge in [-0.05, 0) is 42.8 Å². The van der Waals surface area contributed by atoms with Gasteiger partial charge in [-0.15, -0.1) is 0 Å². The third-order valence-electron chi connectivity index (χ3n) is 3.20. The molecule has 5 heteroatoms. The first-order chi connectivity index (χ1) is 10.2. The van der Waals surface area contributed by atoms with Crippen molar-refractivity contribution in [1.29, 1.82) is 0 Å². The van der Waals surface area contributed by atoms with Gasteiger partial charge in [0.15, 0.2) is 0 Å². The fourth-order valence-electron chi connectivity index (χ4n) is 2.34. The molecule has 0 saturated heterocycles. The Morgan fingerprint density at radius 3 is 2.62 bits per heavy atom. The van der Waals surface area contributed by atoms with Crippen LogP contribution in [0, 0.1) is 0 Å². The van der Waals surface area contributed by atoms with Crippen molar-refractivity contribution in [2.75, 3.05) is 7.05 Å². The number of pyridine rings is 1. The summed E-state index contributed by atoms with van der Waals surface area (Å²) in [5.74, 6) is 0. The maximum absolute atomic E-state index is 12.4. The zero-order chi connectivity index (χ0) is 14.8. The van der Waals surface area contributed by atoms with Crippen molar-refractivity contribution in [2.24, 2.45) is 0 Å². The van der Waals surface area contributed by atoms with Crippen LogP contribution in [0.1, 0.15) is 0 Å². The Kier molecular flexibility index (Phi) is 4.01. The van der Waals surface area contributed by atoms with E-state index >= 15 is 0 Å². The molecular formula is C16H13ClN2OS. The monoisotopic (exact) mass is 316 g/mol.